The van der Waals surface area contributed by atoms with Gasteiger partial charge in [0.1, 0.15) is 5.54 Å². The summed E-state index contributed by atoms with van der Waals surface area (Å²) in [4.78, 5) is 14.0. The highest BCUT2D eigenvalue weighted by atomic mass is 16.5. The van der Waals surface area contributed by atoms with Crippen LogP contribution in [0, 0.1) is 0 Å². The van der Waals surface area contributed by atoms with Crippen LogP contribution in [0.4, 0.5) is 0 Å². The number of ether oxygens (including phenoxy) is 1. The average molecular weight is 286 g/mol. The van der Waals surface area contributed by atoms with E-state index >= 15 is 0 Å². The van der Waals surface area contributed by atoms with E-state index in [1.165, 1.54) is 0 Å². The molecule has 1 saturated carbocycles. The molecule has 5 nitrogen and oxygen atoms in total. The Labute approximate surface area is 122 Å². The molecule has 1 aliphatic carbocycles. The Hall–Kier alpha value is -0.650. The van der Waals surface area contributed by atoms with Crippen molar-refractivity contribution in [1.82, 2.24) is 10.2 Å². The average Bonchev–Trinajstić information content (AvgIpc) is 2.89. The fraction of sp³-hybridized carbons (Fsp3) is 0.933. The van der Waals surface area contributed by atoms with E-state index in [-0.39, 0.29) is 0 Å². The van der Waals surface area contributed by atoms with Gasteiger partial charge in [0.15, 0.2) is 0 Å². The van der Waals surface area contributed by atoms with Crippen molar-refractivity contribution in [2.75, 3.05) is 27.3 Å². The molecule has 0 bridgehead atoms. The summed E-state index contributed by atoms with van der Waals surface area (Å²) < 4.78 is 5.22. The number of rotatable bonds is 9. The molecule has 1 rings (SSSR count). The van der Waals surface area contributed by atoms with Gasteiger partial charge in [-0.3, -0.25) is 9.69 Å². The van der Waals surface area contributed by atoms with Gasteiger partial charge in [-0.05, 0) is 39.2 Å². The molecule has 2 unspecified atom stereocenters. The van der Waals surface area contributed by atoms with Crippen molar-refractivity contribution in [3.8, 4) is 0 Å². The fourth-order valence-electron chi connectivity index (χ4n) is 3.45. The molecule has 0 aromatic carbocycles. The van der Waals surface area contributed by atoms with Crippen molar-refractivity contribution in [2.24, 2.45) is 0 Å². The van der Waals surface area contributed by atoms with E-state index in [2.05, 4.69) is 24.1 Å². The number of hydrogen-bond acceptors (Lipinski definition) is 4. The maximum Gasteiger partial charge on any atom is 0.323 e. The molecule has 1 aliphatic rings. The molecule has 1 fully saturated rings. The zero-order chi connectivity index (χ0) is 15.2. The van der Waals surface area contributed by atoms with Crippen LogP contribution < -0.4 is 5.32 Å². The van der Waals surface area contributed by atoms with Crippen molar-refractivity contribution < 1.29 is 14.6 Å². The van der Waals surface area contributed by atoms with Crippen LogP contribution in [0.1, 0.15) is 46.0 Å². The molecule has 0 heterocycles. The molecule has 118 valence electrons. The van der Waals surface area contributed by atoms with Gasteiger partial charge in [0, 0.05) is 25.7 Å². The third-order valence-corrected chi connectivity index (χ3v) is 4.81. The summed E-state index contributed by atoms with van der Waals surface area (Å²) in [5.74, 6) is -0.723. The maximum atomic E-state index is 11.5. The van der Waals surface area contributed by atoms with Gasteiger partial charge < -0.3 is 15.2 Å². The minimum Gasteiger partial charge on any atom is -0.480 e. The van der Waals surface area contributed by atoms with Gasteiger partial charge in [-0.15, -0.1) is 0 Å². The smallest absolute Gasteiger partial charge is 0.323 e. The van der Waals surface area contributed by atoms with Crippen LogP contribution >= 0.6 is 0 Å². The number of likely N-dealkylation sites (N-methyl/N-ethyl adjacent to an activating group) is 1. The van der Waals surface area contributed by atoms with E-state index in [1.54, 1.807) is 14.2 Å². The van der Waals surface area contributed by atoms with Crippen LogP contribution in [-0.2, 0) is 9.53 Å². The van der Waals surface area contributed by atoms with Crippen molar-refractivity contribution in [3.63, 3.8) is 0 Å². The molecule has 0 spiro atoms. The van der Waals surface area contributed by atoms with Gasteiger partial charge in [0.2, 0.25) is 0 Å². The van der Waals surface area contributed by atoms with E-state index in [0.29, 0.717) is 31.5 Å². The van der Waals surface area contributed by atoms with Crippen molar-refractivity contribution in [1.29, 1.82) is 0 Å². The summed E-state index contributed by atoms with van der Waals surface area (Å²) in [5, 5.41) is 12.5. The van der Waals surface area contributed by atoms with E-state index in [1.807, 2.05) is 0 Å². The number of aliphatic carboxylic acids is 1. The Balaban J connectivity index is 2.80. The summed E-state index contributed by atoms with van der Waals surface area (Å²) in [7, 11) is 3.47. The van der Waals surface area contributed by atoms with Gasteiger partial charge >= 0.3 is 5.97 Å². The van der Waals surface area contributed by atoms with Crippen LogP contribution in [-0.4, -0.2) is 60.9 Å². The highest BCUT2D eigenvalue weighted by Crippen LogP contribution is 2.34. The molecule has 0 aromatic heterocycles. The minimum absolute atomic E-state index is 0.332. The van der Waals surface area contributed by atoms with Crippen LogP contribution in [0.25, 0.3) is 0 Å². The predicted octanol–water partition coefficient (Wildman–Crippen LogP) is 1.72. The molecule has 2 atom stereocenters. The lowest BCUT2D eigenvalue weighted by atomic mass is 9.97. The molecule has 0 aliphatic heterocycles. The molecule has 20 heavy (non-hydrogen) atoms. The lowest BCUT2D eigenvalue weighted by molar-refractivity contribution is -0.144. The standard InChI is InChI=1S/C15H30N2O3/c1-5-12(6-2)17(9-10-20-4)13-7-8-15(11-13,16-3)14(18)19/h12-13,16H,5-11H2,1-4H3,(H,18,19). The van der Waals surface area contributed by atoms with Gasteiger partial charge in [0.25, 0.3) is 0 Å². The first kappa shape index (κ1) is 17.4. The third kappa shape index (κ3) is 3.71. The lowest BCUT2D eigenvalue weighted by Gasteiger charge is -2.36. The number of carboxylic acids is 1. The predicted molar refractivity (Wildman–Crippen MR) is 80.0 cm³/mol. The summed E-state index contributed by atoms with van der Waals surface area (Å²) in [6.45, 7) is 5.98. The summed E-state index contributed by atoms with van der Waals surface area (Å²) in [6.07, 6.45) is 4.51. The zero-order valence-corrected chi connectivity index (χ0v) is 13.3. The molecule has 0 aromatic rings. The fourth-order valence-corrected chi connectivity index (χ4v) is 3.45. The Bertz CT molecular complexity index is 307. The number of hydrogen-bond donors (Lipinski definition) is 2. The molecular formula is C15H30N2O3. The first-order valence-corrected chi connectivity index (χ1v) is 7.71. The summed E-state index contributed by atoms with van der Waals surface area (Å²) >= 11 is 0. The van der Waals surface area contributed by atoms with Crippen LogP contribution in [0.2, 0.25) is 0 Å². The Morgan fingerprint density at radius 3 is 2.55 bits per heavy atom. The minimum atomic E-state index is -0.748. The maximum absolute atomic E-state index is 11.5. The molecular weight excluding hydrogens is 256 g/mol. The van der Waals surface area contributed by atoms with E-state index in [9.17, 15) is 9.90 Å². The van der Waals surface area contributed by atoms with Gasteiger partial charge in [-0.1, -0.05) is 13.8 Å². The number of methoxy groups -OCH3 is 1. The quantitative estimate of drug-likeness (QED) is 0.676. The number of nitrogens with zero attached hydrogens (tertiary/aromatic N) is 1. The summed E-state index contributed by atoms with van der Waals surface area (Å²) in [6, 6.07) is 0.843. The van der Waals surface area contributed by atoms with E-state index < -0.39 is 11.5 Å². The third-order valence-electron chi connectivity index (χ3n) is 4.81. The van der Waals surface area contributed by atoms with E-state index in [0.717, 1.165) is 25.8 Å². The number of carbonyl (C=O) groups is 1. The Morgan fingerprint density at radius 1 is 1.50 bits per heavy atom. The lowest BCUT2D eigenvalue weighted by Crippen LogP contribution is -2.51. The highest BCUT2D eigenvalue weighted by Gasteiger charge is 2.46. The van der Waals surface area contributed by atoms with Crippen LogP contribution in [0.3, 0.4) is 0 Å². The monoisotopic (exact) mass is 286 g/mol. The van der Waals surface area contributed by atoms with E-state index in [4.69, 9.17) is 4.74 Å². The van der Waals surface area contributed by atoms with Crippen molar-refractivity contribution in [3.05, 3.63) is 0 Å². The number of carboxylic acid groups (broad SMARTS) is 1. The molecule has 0 saturated heterocycles. The highest BCUT2D eigenvalue weighted by molar-refractivity contribution is 5.79. The van der Waals surface area contributed by atoms with Gasteiger partial charge in [-0.2, -0.15) is 0 Å². The van der Waals surface area contributed by atoms with Crippen molar-refractivity contribution in [2.45, 2.75) is 63.6 Å². The molecule has 5 heteroatoms. The Kier molecular flexibility index (Phi) is 6.92. The molecule has 2 N–H and O–H groups in total. The topological polar surface area (TPSA) is 61.8 Å². The second-order valence-corrected chi connectivity index (χ2v) is 5.73. The summed E-state index contributed by atoms with van der Waals surface area (Å²) in [5.41, 5.74) is -0.748. The second kappa shape index (κ2) is 7.96. The SMILES string of the molecule is CCC(CC)N(CCOC)C1CCC(NC)(C(=O)O)C1. The largest absolute Gasteiger partial charge is 0.480 e. The van der Waals surface area contributed by atoms with Crippen molar-refractivity contribution >= 4 is 5.97 Å². The second-order valence-electron chi connectivity index (χ2n) is 5.73. The van der Waals surface area contributed by atoms with Crippen LogP contribution in [0.5, 0.6) is 0 Å². The van der Waals surface area contributed by atoms with Crippen LogP contribution in [0.15, 0.2) is 0 Å². The molecule has 0 radical (unpaired) electrons. The first-order valence-electron chi connectivity index (χ1n) is 7.71. The molecule has 0 amide bonds. The normalized spacial score (nSPS) is 26.6. The Morgan fingerprint density at radius 2 is 2.15 bits per heavy atom. The first-order chi connectivity index (χ1) is 9.54. The number of nitrogens with one attached hydrogen (secondary N) is 1. The zero-order valence-electron chi connectivity index (χ0n) is 13.3. The van der Waals surface area contributed by atoms with Gasteiger partial charge in [0.05, 0.1) is 6.61 Å². The van der Waals surface area contributed by atoms with Gasteiger partial charge in [-0.25, -0.2) is 0 Å².